The van der Waals surface area contributed by atoms with Crippen molar-refractivity contribution in [2.45, 2.75) is 44.7 Å². The molecule has 4 heterocycles. The van der Waals surface area contributed by atoms with E-state index in [1.54, 1.807) is 5.01 Å². The topological polar surface area (TPSA) is 103 Å². The number of rotatable bonds is 3. The number of hydrogen-bond acceptors (Lipinski definition) is 8. The highest BCUT2D eigenvalue weighted by Gasteiger charge is 2.30. The van der Waals surface area contributed by atoms with Gasteiger partial charge in [0.15, 0.2) is 5.82 Å². The number of nitrogens with two attached hydrogens (primary N) is 1. The van der Waals surface area contributed by atoms with Crippen LogP contribution in [0.2, 0.25) is 5.15 Å². The highest BCUT2D eigenvalue weighted by molar-refractivity contribution is 6.29. The van der Waals surface area contributed by atoms with E-state index in [2.05, 4.69) is 26.7 Å². The van der Waals surface area contributed by atoms with Gasteiger partial charge in [0, 0.05) is 44.2 Å². The van der Waals surface area contributed by atoms with Gasteiger partial charge >= 0.3 is 0 Å². The van der Waals surface area contributed by atoms with Crippen LogP contribution in [0.15, 0.2) is 46.2 Å². The Bertz CT molecular complexity index is 941. The third-order valence-corrected chi connectivity index (χ3v) is 5.99. The van der Waals surface area contributed by atoms with Gasteiger partial charge in [-0.05, 0) is 38.7 Å². The summed E-state index contributed by atoms with van der Waals surface area (Å²) in [4.78, 5) is 30.2. The van der Waals surface area contributed by atoms with Crippen molar-refractivity contribution in [3.05, 3.63) is 46.9 Å². The monoisotopic (exact) mass is 442 g/mol. The molecular formula is C21H27ClN8O. The van der Waals surface area contributed by atoms with Crippen LogP contribution in [0.3, 0.4) is 0 Å². The minimum absolute atomic E-state index is 0.129. The Labute approximate surface area is 187 Å². The zero-order valence-electron chi connectivity index (χ0n) is 17.6. The average Bonchev–Trinajstić information content (AvgIpc) is 3.21. The lowest BCUT2D eigenvalue weighted by molar-refractivity contribution is 0.0655. The summed E-state index contributed by atoms with van der Waals surface area (Å²) >= 11 is 5.82. The largest absolute Gasteiger partial charge is 0.355 e. The molecule has 1 amide bonds. The molecule has 1 aromatic heterocycles. The number of aromatic nitrogens is 2. The van der Waals surface area contributed by atoms with E-state index in [1.807, 2.05) is 24.1 Å². The third-order valence-electron chi connectivity index (χ3n) is 5.79. The number of amidine groups is 1. The van der Waals surface area contributed by atoms with Gasteiger partial charge < -0.3 is 15.5 Å². The standard InChI is InChI=1S/C21H27ClN8O/c1-14-12-30(24-2)19(27-20(14)28-8-6-15(23)13-28)9-16-5-3-4-7-29(16)21(31)17-10-26-18(22)11-25-17/h9-12,15-16H,2-8,13,23H2,1H3/b19-9-/t15-,16?/m0/s1. The highest BCUT2D eigenvalue weighted by Crippen LogP contribution is 2.26. The van der Waals surface area contributed by atoms with E-state index < -0.39 is 0 Å². The molecular weight excluding hydrogens is 416 g/mol. The molecule has 0 aliphatic carbocycles. The van der Waals surface area contributed by atoms with Gasteiger partial charge in [0.2, 0.25) is 0 Å². The summed E-state index contributed by atoms with van der Waals surface area (Å²) < 4.78 is 0. The molecule has 31 heavy (non-hydrogen) atoms. The predicted octanol–water partition coefficient (Wildman–Crippen LogP) is 2.23. The molecule has 0 bridgehead atoms. The summed E-state index contributed by atoms with van der Waals surface area (Å²) in [6, 6.07) is 0.0288. The third kappa shape index (κ3) is 4.62. The SMILES string of the molecule is C=NN1C=C(C)C(N2CC[C@H](N)C2)=N/C1=C/C1CCCCN1C(=O)c1cnc(Cl)cn1. The van der Waals surface area contributed by atoms with E-state index >= 15 is 0 Å². The normalized spacial score (nSPS) is 25.5. The zero-order chi connectivity index (χ0) is 22.0. The Kier molecular flexibility index (Phi) is 6.33. The van der Waals surface area contributed by atoms with Crippen LogP contribution in [0.5, 0.6) is 0 Å². The van der Waals surface area contributed by atoms with Crippen LogP contribution >= 0.6 is 11.6 Å². The van der Waals surface area contributed by atoms with Crippen LogP contribution in [0.25, 0.3) is 0 Å². The van der Waals surface area contributed by atoms with Crippen LogP contribution in [-0.2, 0) is 0 Å². The molecule has 1 aromatic rings. The summed E-state index contributed by atoms with van der Waals surface area (Å²) in [6.45, 7) is 7.99. The number of nitrogens with zero attached hydrogens (tertiary/aromatic N) is 7. The van der Waals surface area contributed by atoms with Gasteiger partial charge in [0.05, 0.1) is 18.4 Å². The fourth-order valence-corrected chi connectivity index (χ4v) is 4.30. The number of amides is 1. The van der Waals surface area contributed by atoms with E-state index in [4.69, 9.17) is 22.3 Å². The number of hydrazone groups is 1. The molecule has 0 spiro atoms. The van der Waals surface area contributed by atoms with Gasteiger partial charge in [0.25, 0.3) is 5.91 Å². The summed E-state index contributed by atoms with van der Waals surface area (Å²) in [7, 11) is 0. The second-order valence-corrected chi connectivity index (χ2v) is 8.43. The first kappa shape index (κ1) is 21.5. The Balaban J connectivity index is 1.62. The second-order valence-electron chi connectivity index (χ2n) is 8.04. The fraction of sp³-hybridized carbons (Fsp3) is 0.476. The van der Waals surface area contributed by atoms with Crippen molar-refractivity contribution >= 4 is 30.1 Å². The van der Waals surface area contributed by atoms with Crippen molar-refractivity contribution in [2.24, 2.45) is 15.8 Å². The average molecular weight is 443 g/mol. The van der Waals surface area contributed by atoms with E-state index in [0.29, 0.717) is 12.4 Å². The van der Waals surface area contributed by atoms with E-state index in [-0.39, 0.29) is 28.8 Å². The molecule has 1 unspecified atom stereocenters. The molecule has 3 aliphatic heterocycles. The Morgan fingerprint density at radius 1 is 1.29 bits per heavy atom. The lowest BCUT2D eigenvalue weighted by atomic mass is 10.0. The first-order valence-electron chi connectivity index (χ1n) is 10.5. The Hall–Kier alpha value is -2.78. The summed E-state index contributed by atoms with van der Waals surface area (Å²) in [5.74, 6) is 1.39. The van der Waals surface area contributed by atoms with Gasteiger partial charge in [-0.15, -0.1) is 0 Å². The van der Waals surface area contributed by atoms with Gasteiger partial charge in [-0.3, -0.25) is 4.79 Å². The van der Waals surface area contributed by atoms with Gasteiger partial charge in [-0.2, -0.15) is 5.10 Å². The summed E-state index contributed by atoms with van der Waals surface area (Å²) in [6.07, 6.45) is 10.5. The molecule has 2 N–H and O–H groups in total. The maximum Gasteiger partial charge on any atom is 0.274 e. The van der Waals surface area contributed by atoms with Crippen molar-refractivity contribution in [3.8, 4) is 0 Å². The Morgan fingerprint density at radius 2 is 2.13 bits per heavy atom. The second kappa shape index (κ2) is 9.15. The van der Waals surface area contributed by atoms with Crippen molar-refractivity contribution < 1.29 is 4.79 Å². The minimum atomic E-state index is -0.166. The molecule has 3 aliphatic rings. The first-order chi connectivity index (χ1) is 15.0. The predicted molar refractivity (Wildman–Crippen MR) is 121 cm³/mol. The highest BCUT2D eigenvalue weighted by atomic mass is 35.5. The molecule has 2 fully saturated rings. The number of halogens is 1. The maximum atomic E-state index is 13.1. The van der Waals surface area contributed by atoms with Crippen LogP contribution in [0, 0.1) is 0 Å². The van der Waals surface area contributed by atoms with Crippen molar-refractivity contribution in [3.63, 3.8) is 0 Å². The molecule has 2 saturated heterocycles. The number of piperidine rings is 1. The van der Waals surface area contributed by atoms with E-state index in [9.17, 15) is 4.79 Å². The smallest absolute Gasteiger partial charge is 0.274 e. The quantitative estimate of drug-likeness (QED) is 0.720. The van der Waals surface area contributed by atoms with Gasteiger partial charge in [-0.25, -0.2) is 20.0 Å². The number of carbonyl (C=O) groups excluding carboxylic acids is 1. The van der Waals surface area contributed by atoms with Crippen molar-refractivity contribution in [2.75, 3.05) is 19.6 Å². The summed E-state index contributed by atoms with van der Waals surface area (Å²) in [5.41, 5.74) is 7.38. The first-order valence-corrected chi connectivity index (χ1v) is 10.9. The lowest BCUT2D eigenvalue weighted by Gasteiger charge is -2.35. The Morgan fingerprint density at radius 3 is 2.81 bits per heavy atom. The summed E-state index contributed by atoms with van der Waals surface area (Å²) in [5, 5.41) is 6.03. The van der Waals surface area contributed by atoms with Crippen LogP contribution in [-0.4, -0.2) is 75.0 Å². The molecule has 4 rings (SSSR count). The lowest BCUT2D eigenvalue weighted by Crippen LogP contribution is -2.43. The van der Waals surface area contributed by atoms with Gasteiger partial charge in [0.1, 0.15) is 16.7 Å². The number of hydrogen-bond donors (Lipinski definition) is 1. The fourth-order valence-electron chi connectivity index (χ4n) is 4.21. The van der Waals surface area contributed by atoms with Crippen molar-refractivity contribution in [1.29, 1.82) is 0 Å². The van der Waals surface area contributed by atoms with Gasteiger partial charge in [-0.1, -0.05) is 11.6 Å². The molecule has 9 nitrogen and oxygen atoms in total. The zero-order valence-corrected chi connectivity index (χ0v) is 18.4. The number of aliphatic imine (C=N–C) groups is 1. The van der Waals surface area contributed by atoms with E-state index in [0.717, 1.165) is 50.2 Å². The van der Waals surface area contributed by atoms with E-state index in [1.165, 1.54) is 12.4 Å². The van der Waals surface area contributed by atoms with Crippen LogP contribution in [0.4, 0.5) is 0 Å². The molecule has 0 aromatic carbocycles. The van der Waals surface area contributed by atoms with Crippen LogP contribution in [0.1, 0.15) is 43.1 Å². The number of likely N-dealkylation sites (tertiary alicyclic amines) is 2. The molecule has 10 heteroatoms. The molecule has 0 saturated carbocycles. The minimum Gasteiger partial charge on any atom is -0.355 e. The number of carbonyl (C=O) groups is 1. The van der Waals surface area contributed by atoms with Crippen molar-refractivity contribution in [1.82, 2.24) is 24.8 Å². The van der Waals surface area contributed by atoms with Crippen LogP contribution < -0.4 is 5.73 Å². The maximum absolute atomic E-state index is 13.1. The molecule has 2 atom stereocenters. The molecule has 0 radical (unpaired) electrons. The molecule has 164 valence electrons.